The van der Waals surface area contributed by atoms with Gasteiger partial charge in [0, 0.05) is 16.6 Å². The minimum absolute atomic E-state index is 0.238. The number of hydrogen-bond donors (Lipinski definition) is 1. The Hall–Kier alpha value is -3.06. The first kappa shape index (κ1) is 22.6. The second-order valence-corrected chi connectivity index (χ2v) is 7.80. The zero-order chi connectivity index (χ0) is 22.4. The van der Waals surface area contributed by atoms with Crippen LogP contribution in [0.25, 0.3) is 6.08 Å². The van der Waals surface area contributed by atoms with Crippen molar-refractivity contribution in [1.82, 2.24) is 10.2 Å². The van der Waals surface area contributed by atoms with Crippen LogP contribution in [0.15, 0.2) is 59.2 Å². The third-order valence-corrected chi connectivity index (χ3v) is 5.23. The average molecular weight is 485 g/mol. The molecule has 1 heterocycles. The van der Waals surface area contributed by atoms with Crippen molar-refractivity contribution in [2.24, 2.45) is 0 Å². The molecule has 1 fully saturated rings. The molecule has 6 nitrogen and oxygen atoms in total. The Kier molecular flexibility index (Phi) is 7.52. The van der Waals surface area contributed by atoms with Gasteiger partial charge in [-0.2, -0.15) is 0 Å². The van der Waals surface area contributed by atoms with E-state index < -0.39 is 6.03 Å². The second kappa shape index (κ2) is 10.3. The molecule has 0 aliphatic carbocycles. The molecule has 0 atom stereocenters. The van der Waals surface area contributed by atoms with Crippen LogP contribution in [-0.2, 0) is 17.8 Å². The van der Waals surface area contributed by atoms with Crippen LogP contribution in [0.5, 0.6) is 11.5 Å². The van der Waals surface area contributed by atoms with E-state index in [4.69, 9.17) is 9.47 Å². The van der Waals surface area contributed by atoms with Gasteiger partial charge in [-0.3, -0.25) is 9.69 Å². The van der Waals surface area contributed by atoms with Crippen molar-refractivity contribution in [3.8, 4) is 11.5 Å². The summed E-state index contributed by atoms with van der Waals surface area (Å²) in [4.78, 5) is 25.5. The van der Waals surface area contributed by atoms with Gasteiger partial charge in [0.2, 0.25) is 0 Å². The average Bonchev–Trinajstić information content (AvgIpc) is 3.01. The van der Waals surface area contributed by atoms with Crippen LogP contribution in [0.1, 0.15) is 30.5 Å². The predicted molar refractivity (Wildman–Crippen MR) is 124 cm³/mol. The molecular weight excluding hydrogens is 460 g/mol. The fraction of sp³-hybridized carbons (Fsp3) is 0.250. The summed E-state index contributed by atoms with van der Waals surface area (Å²) in [5.41, 5.74) is 2.88. The Labute approximate surface area is 190 Å². The number of allylic oxidation sites excluding steroid dienone is 1. The summed E-state index contributed by atoms with van der Waals surface area (Å²) in [6, 6.07) is 11.2. The van der Waals surface area contributed by atoms with Crippen molar-refractivity contribution in [2.45, 2.75) is 26.9 Å². The number of carbonyl (C=O) groups is 2. The van der Waals surface area contributed by atoms with Crippen LogP contribution in [0.3, 0.4) is 0 Å². The number of benzene rings is 2. The molecule has 0 aromatic heterocycles. The molecule has 1 N–H and O–H groups in total. The predicted octanol–water partition coefficient (Wildman–Crippen LogP) is 5.07. The van der Waals surface area contributed by atoms with Gasteiger partial charge in [-0.15, -0.1) is 6.58 Å². The molecule has 1 aliphatic heterocycles. The molecule has 31 heavy (non-hydrogen) atoms. The van der Waals surface area contributed by atoms with E-state index in [0.29, 0.717) is 37.7 Å². The molecule has 162 valence electrons. The molecule has 1 saturated heterocycles. The number of urea groups is 1. The van der Waals surface area contributed by atoms with Gasteiger partial charge in [0.1, 0.15) is 12.3 Å². The van der Waals surface area contributed by atoms with Gasteiger partial charge in [-0.25, -0.2) is 4.79 Å². The highest BCUT2D eigenvalue weighted by Crippen LogP contribution is 2.35. The van der Waals surface area contributed by atoms with Gasteiger partial charge >= 0.3 is 6.03 Å². The Balaban J connectivity index is 1.95. The fourth-order valence-corrected chi connectivity index (χ4v) is 3.53. The number of nitrogens with one attached hydrogen (secondary N) is 1. The number of amides is 3. The quantitative estimate of drug-likeness (QED) is 0.306. The molecule has 0 unspecified atom stereocenters. The number of ether oxygens (including phenoxy) is 2. The summed E-state index contributed by atoms with van der Waals surface area (Å²) in [6.45, 7) is 8.66. The smallest absolute Gasteiger partial charge is 0.328 e. The summed E-state index contributed by atoms with van der Waals surface area (Å²) in [5.74, 6) is 0.880. The molecule has 0 saturated carbocycles. The highest BCUT2D eigenvalue weighted by atomic mass is 79.9. The Morgan fingerprint density at radius 3 is 2.48 bits per heavy atom. The van der Waals surface area contributed by atoms with Gasteiger partial charge in [0.25, 0.3) is 5.91 Å². The molecular formula is C24H25BrN2O4. The minimum atomic E-state index is -0.412. The molecule has 3 amide bonds. The Morgan fingerprint density at radius 1 is 1.13 bits per heavy atom. The van der Waals surface area contributed by atoms with Crippen LogP contribution < -0.4 is 14.8 Å². The number of halogens is 1. The molecule has 1 aliphatic rings. The van der Waals surface area contributed by atoms with Crippen molar-refractivity contribution in [3.05, 3.63) is 75.9 Å². The third kappa shape index (κ3) is 5.35. The Bertz CT molecular complexity index is 1010. The molecule has 3 rings (SSSR count). The number of nitrogens with zero attached hydrogens (tertiary/aromatic N) is 1. The van der Waals surface area contributed by atoms with Crippen LogP contribution >= 0.6 is 15.9 Å². The summed E-state index contributed by atoms with van der Waals surface area (Å²) in [5, 5.41) is 2.62. The standard InChI is InChI=1S/C24H25BrN2O4/c1-4-7-18-12-17(13-20-23(28)27(5-2)24(29)26-20)14-21(30-6-3)22(18)31-15-16-8-10-19(25)11-9-16/h4,8-14H,1,5-7,15H2,2-3H3,(H,26,29)/b20-13+. The normalized spacial score (nSPS) is 14.7. The van der Waals surface area contributed by atoms with Crippen LogP contribution in [0, 0.1) is 0 Å². The number of carbonyl (C=O) groups excluding carboxylic acids is 2. The molecule has 2 aromatic carbocycles. The lowest BCUT2D eigenvalue weighted by molar-refractivity contribution is -0.122. The number of likely N-dealkylation sites (N-methyl/N-ethyl adjacent to an activating group) is 1. The zero-order valence-corrected chi connectivity index (χ0v) is 19.2. The lowest BCUT2D eigenvalue weighted by Gasteiger charge is -2.17. The summed E-state index contributed by atoms with van der Waals surface area (Å²) < 4.78 is 13.0. The third-order valence-electron chi connectivity index (χ3n) is 4.70. The van der Waals surface area contributed by atoms with Crippen molar-refractivity contribution in [1.29, 1.82) is 0 Å². The van der Waals surface area contributed by atoms with Crippen molar-refractivity contribution in [2.75, 3.05) is 13.2 Å². The molecule has 7 heteroatoms. The highest BCUT2D eigenvalue weighted by molar-refractivity contribution is 9.10. The van der Waals surface area contributed by atoms with Crippen molar-refractivity contribution >= 4 is 33.9 Å². The first-order valence-corrected chi connectivity index (χ1v) is 10.9. The van der Waals surface area contributed by atoms with E-state index in [1.165, 1.54) is 0 Å². The lowest BCUT2D eigenvalue weighted by atomic mass is 10.0. The van der Waals surface area contributed by atoms with E-state index in [2.05, 4.69) is 27.8 Å². The van der Waals surface area contributed by atoms with Gasteiger partial charge in [-0.1, -0.05) is 34.1 Å². The second-order valence-electron chi connectivity index (χ2n) is 6.89. The fourth-order valence-electron chi connectivity index (χ4n) is 3.26. The highest BCUT2D eigenvalue weighted by Gasteiger charge is 2.32. The lowest BCUT2D eigenvalue weighted by Crippen LogP contribution is -2.30. The van der Waals surface area contributed by atoms with Gasteiger partial charge < -0.3 is 14.8 Å². The summed E-state index contributed by atoms with van der Waals surface area (Å²) in [7, 11) is 0. The Morgan fingerprint density at radius 2 is 1.87 bits per heavy atom. The maximum Gasteiger partial charge on any atom is 0.328 e. The molecule has 0 radical (unpaired) electrons. The summed E-state index contributed by atoms with van der Waals surface area (Å²) >= 11 is 3.44. The molecule has 0 bridgehead atoms. The van der Waals surface area contributed by atoms with Gasteiger partial charge in [-0.05, 0) is 61.7 Å². The van der Waals surface area contributed by atoms with E-state index in [0.717, 1.165) is 26.1 Å². The molecule has 2 aromatic rings. The number of imide groups is 1. The van der Waals surface area contributed by atoms with E-state index in [9.17, 15) is 9.59 Å². The first-order valence-electron chi connectivity index (χ1n) is 10.1. The first-order chi connectivity index (χ1) is 15.0. The van der Waals surface area contributed by atoms with Gasteiger partial charge in [0.15, 0.2) is 11.5 Å². The maximum absolute atomic E-state index is 12.4. The van der Waals surface area contributed by atoms with Crippen molar-refractivity contribution < 1.29 is 19.1 Å². The van der Waals surface area contributed by atoms with Crippen LogP contribution in [-0.4, -0.2) is 30.0 Å². The minimum Gasteiger partial charge on any atom is -0.490 e. The number of hydrogen-bond acceptors (Lipinski definition) is 4. The van der Waals surface area contributed by atoms with E-state index in [-0.39, 0.29) is 11.6 Å². The van der Waals surface area contributed by atoms with E-state index in [1.54, 1.807) is 19.1 Å². The van der Waals surface area contributed by atoms with E-state index in [1.807, 2.05) is 43.3 Å². The maximum atomic E-state index is 12.4. The molecule has 0 spiro atoms. The van der Waals surface area contributed by atoms with E-state index >= 15 is 0 Å². The van der Waals surface area contributed by atoms with Gasteiger partial charge in [0.05, 0.1) is 6.61 Å². The van der Waals surface area contributed by atoms with Crippen molar-refractivity contribution in [3.63, 3.8) is 0 Å². The SMILES string of the molecule is C=CCc1cc(/C=C2/NC(=O)N(CC)C2=O)cc(OCC)c1OCc1ccc(Br)cc1. The zero-order valence-electron chi connectivity index (χ0n) is 17.6. The topological polar surface area (TPSA) is 67.9 Å². The van der Waals surface area contributed by atoms with Crippen LogP contribution in [0.4, 0.5) is 4.79 Å². The number of rotatable bonds is 9. The van der Waals surface area contributed by atoms with Crippen LogP contribution in [0.2, 0.25) is 0 Å². The monoisotopic (exact) mass is 484 g/mol. The summed E-state index contributed by atoms with van der Waals surface area (Å²) in [6.07, 6.45) is 4.01. The largest absolute Gasteiger partial charge is 0.490 e.